The molecule has 5 nitrogen and oxygen atoms in total. The Morgan fingerprint density at radius 3 is 2.57 bits per heavy atom. The fourth-order valence-corrected chi connectivity index (χ4v) is 4.92. The predicted molar refractivity (Wildman–Crippen MR) is 132 cm³/mol. The van der Waals surface area contributed by atoms with Crippen molar-refractivity contribution in [1.82, 2.24) is 9.88 Å². The molecule has 0 atom stereocenters. The summed E-state index contributed by atoms with van der Waals surface area (Å²) in [5, 5.41) is 10.7. The van der Waals surface area contributed by atoms with Gasteiger partial charge in [-0.1, -0.05) is 12.2 Å². The Balaban J connectivity index is 1.37. The maximum Gasteiger partial charge on any atom is 0.309 e. The number of carboxylic acids is 1. The molecule has 4 rings (SSSR count). The minimum absolute atomic E-state index is 0.0516. The summed E-state index contributed by atoms with van der Waals surface area (Å²) in [5.74, 6) is -4.69. The number of piperidine rings is 1. The first-order chi connectivity index (χ1) is 17.7. The van der Waals surface area contributed by atoms with E-state index in [2.05, 4.69) is 4.98 Å². The third-order valence-electron chi connectivity index (χ3n) is 7.21. The second-order valence-corrected chi connectivity index (χ2v) is 9.37. The number of nitrogens with zero attached hydrogens (tertiary/aromatic N) is 2. The van der Waals surface area contributed by atoms with Crippen molar-refractivity contribution < 1.29 is 32.2 Å². The van der Waals surface area contributed by atoms with Crippen molar-refractivity contribution in [2.45, 2.75) is 32.1 Å². The number of pyridine rings is 1. The number of aromatic nitrogens is 1. The Labute approximate surface area is 212 Å². The second kappa shape index (κ2) is 11.3. The van der Waals surface area contributed by atoms with E-state index in [4.69, 9.17) is 4.74 Å². The van der Waals surface area contributed by atoms with Gasteiger partial charge in [0.25, 0.3) is 0 Å². The summed E-state index contributed by atoms with van der Waals surface area (Å²) in [6.45, 7) is 1.45. The molecule has 0 radical (unpaired) electrons. The number of carbonyl (C=O) groups is 1. The van der Waals surface area contributed by atoms with Crippen molar-refractivity contribution >= 4 is 22.9 Å². The summed E-state index contributed by atoms with van der Waals surface area (Å²) in [6.07, 6.45) is 6.34. The minimum Gasteiger partial charge on any atom is -0.497 e. The SMILES string of the molecule is COc1ccc2ncc(F)c(CCCC3(C(=O)O)CCN(CC=Cc4ccc(F)c(F)c4F)CC3)c2c1. The van der Waals surface area contributed by atoms with Crippen LogP contribution in [0, 0.1) is 28.7 Å². The zero-order valence-corrected chi connectivity index (χ0v) is 20.4. The van der Waals surface area contributed by atoms with Crippen molar-refractivity contribution in [2.75, 3.05) is 26.7 Å². The van der Waals surface area contributed by atoms with Crippen LogP contribution in [0.3, 0.4) is 0 Å². The molecule has 2 aromatic carbocycles. The number of rotatable bonds is 9. The number of fused-ring (bicyclic) bond motifs is 1. The van der Waals surface area contributed by atoms with Crippen LogP contribution in [0.25, 0.3) is 17.0 Å². The predicted octanol–water partition coefficient (Wildman–Crippen LogP) is 6.00. The second-order valence-electron chi connectivity index (χ2n) is 9.37. The van der Waals surface area contributed by atoms with E-state index in [9.17, 15) is 27.5 Å². The number of hydrogen-bond acceptors (Lipinski definition) is 4. The summed E-state index contributed by atoms with van der Waals surface area (Å²) < 4.78 is 60.2. The molecule has 1 fully saturated rings. The van der Waals surface area contributed by atoms with Gasteiger partial charge in [-0.05, 0) is 81.1 Å². The Morgan fingerprint density at radius 1 is 1.11 bits per heavy atom. The number of methoxy groups -OCH3 is 1. The molecule has 3 aromatic rings. The van der Waals surface area contributed by atoms with Gasteiger partial charge in [-0.3, -0.25) is 14.7 Å². The Bertz CT molecular complexity index is 1320. The number of benzene rings is 2. The third kappa shape index (κ3) is 5.77. The lowest BCUT2D eigenvalue weighted by Gasteiger charge is -2.38. The Hall–Kier alpha value is -3.46. The number of aryl methyl sites for hydroxylation is 1. The molecule has 196 valence electrons. The van der Waals surface area contributed by atoms with Gasteiger partial charge >= 0.3 is 5.97 Å². The molecule has 0 saturated carbocycles. The Morgan fingerprint density at radius 2 is 1.86 bits per heavy atom. The molecule has 2 heterocycles. The first kappa shape index (κ1) is 26.6. The van der Waals surface area contributed by atoms with Crippen molar-refractivity contribution in [3.63, 3.8) is 0 Å². The van der Waals surface area contributed by atoms with E-state index >= 15 is 0 Å². The number of carboxylic acid groups (broad SMARTS) is 1. The molecule has 0 bridgehead atoms. The number of halogens is 4. The van der Waals surface area contributed by atoms with E-state index < -0.39 is 34.7 Å². The van der Waals surface area contributed by atoms with Gasteiger partial charge in [-0.25, -0.2) is 17.6 Å². The average molecular weight is 517 g/mol. The maximum atomic E-state index is 14.6. The summed E-state index contributed by atoms with van der Waals surface area (Å²) in [5.41, 5.74) is 0.180. The van der Waals surface area contributed by atoms with Crippen LogP contribution in [0.15, 0.2) is 42.6 Å². The van der Waals surface area contributed by atoms with E-state index in [1.165, 1.54) is 25.4 Å². The molecule has 1 aliphatic heterocycles. The van der Waals surface area contributed by atoms with E-state index in [0.29, 0.717) is 74.0 Å². The van der Waals surface area contributed by atoms with Gasteiger partial charge in [0, 0.05) is 17.5 Å². The van der Waals surface area contributed by atoms with E-state index in [1.54, 1.807) is 24.3 Å². The molecule has 1 saturated heterocycles. The van der Waals surface area contributed by atoms with Gasteiger partial charge in [0.2, 0.25) is 0 Å². The number of ether oxygens (including phenoxy) is 1. The van der Waals surface area contributed by atoms with Crippen molar-refractivity contribution in [2.24, 2.45) is 5.41 Å². The van der Waals surface area contributed by atoms with Crippen LogP contribution >= 0.6 is 0 Å². The molecule has 1 aliphatic rings. The van der Waals surface area contributed by atoms with E-state index in [-0.39, 0.29) is 5.56 Å². The molecule has 0 unspecified atom stereocenters. The van der Waals surface area contributed by atoms with Crippen molar-refractivity contribution in [1.29, 1.82) is 0 Å². The molecular weight excluding hydrogens is 488 g/mol. The maximum absolute atomic E-state index is 14.6. The van der Waals surface area contributed by atoms with Gasteiger partial charge in [0.1, 0.15) is 11.6 Å². The smallest absolute Gasteiger partial charge is 0.309 e. The molecule has 0 aliphatic carbocycles. The molecular formula is C28H28F4N2O3. The van der Waals surface area contributed by atoms with Crippen LogP contribution in [0.4, 0.5) is 17.6 Å². The lowest BCUT2D eigenvalue weighted by molar-refractivity contribution is -0.152. The molecule has 0 spiro atoms. The standard InChI is InChI=1S/C28H28F4N2O3/c1-37-19-7-9-24-21(16-19)20(23(30)17-33-24)5-2-10-28(27(35)36)11-14-34(15-12-28)13-3-4-18-6-8-22(29)26(32)25(18)31/h3-4,6-9,16-17H,2,5,10-15H2,1H3,(H,35,36). The molecule has 1 N–H and O–H groups in total. The zero-order chi connectivity index (χ0) is 26.6. The lowest BCUT2D eigenvalue weighted by Crippen LogP contribution is -2.44. The van der Waals surface area contributed by atoms with Crippen LogP contribution in [0.2, 0.25) is 0 Å². The summed E-state index contributed by atoms with van der Waals surface area (Å²) in [4.78, 5) is 18.4. The highest BCUT2D eigenvalue weighted by molar-refractivity contribution is 5.83. The fourth-order valence-electron chi connectivity index (χ4n) is 4.92. The van der Waals surface area contributed by atoms with Crippen molar-refractivity contribution in [3.05, 3.63) is 77.0 Å². The first-order valence-electron chi connectivity index (χ1n) is 12.1. The van der Waals surface area contributed by atoms with Crippen molar-refractivity contribution in [3.8, 4) is 5.75 Å². The highest BCUT2D eigenvalue weighted by Gasteiger charge is 2.40. The summed E-state index contributed by atoms with van der Waals surface area (Å²) in [7, 11) is 1.53. The molecule has 9 heteroatoms. The largest absolute Gasteiger partial charge is 0.497 e. The Kier molecular flexibility index (Phi) is 8.12. The van der Waals surface area contributed by atoms with Gasteiger partial charge < -0.3 is 9.84 Å². The van der Waals surface area contributed by atoms with E-state index in [0.717, 1.165) is 6.07 Å². The third-order valence-corrected chi connectivity index (χ3v) is 7.21. The topological polar surface area (TPSA) is 62.7 Å². The first-order valence-corrected chi connectivity index (χ1v) is 12.1. The highest BCUT2D eigenvalue weighted by atomic mass is 19.2. The minimum atomic E-state index is -1.51. The molecule has 37 heavy (non-hydrogen) atoms. The van der Waals surface area contributed by atoms with Crippen LogP contribution in [-0.2, 0) is 11.2 Å². The fraction of sp³-hybridized carbons (Fsp3) is 0.357. The van der Waals surface area contributed by atoms with Gasteiger partial charge in [0.15, 0.2) is 17.5 Å². The lowest BCUT2D eigenvalue weighted by atomic mass is 9.74. The summed E-state index contributed by atoms with van der Waals surface area (Å²) in [6, 6.07) is 7.30. The highest BCUT2D eigenvalue weighted by Crippen LogP contribution is 2.37. The number of hydrogen-bond donors (Lipinski definition) is 1. The van der Waals surface area contributed by atoms with E-state index in [1.807, 2.05) is 4.90 Å². The molecule has 1 aromatic heterocycles. The van der Waals surface area contributed by atoms with Crippen LogP contribution < -0.4 is 4.74 Å². The van der Waals surface area contributed by atoms with Crippen LogP contribution in [0.5, 0.6) is 5.75 Å². The molecule has 0 amide bonds. The number of likely N-dealkylation sites (tertiary alicyclic amines) is 1. The monoisotopic (exact) mass is 516 g/mol. The quantitative estimate of drug-likeness (QED) is 0.279. The van der Waals surface area contributed by atoms with Gasteiger partial charge in [-0.15, -0.1) is 0 Å². The normalized spacial score (nSPS) is 15.9. The number of aliphatic carboxylic acids is 1. The van der Waals surface area contributed by atoms with Crippen LogP contribution in [0.1, 0.15) is 36.8 Å². The average Bonchev–Trinajstić information content (AvgIpc) is 2.90. The summed E-state index contributed by atoms with van der Waals surface area (Å²) >= 11 is 0. The van der Waals surface area contributed by atoms with Gasteiger partial charge in [-0.2, -0.15) is 0 Å². The van der Waals surface area contributed by atoms with Crippen LogP contribution in [-0.4, -0.2) is 47.7 Å². The van der Waals surface area contributed by atoms with Gasteiger partial charge in [0.05, 0.1) is 24.2 Å². The zero-order valence-electron chi connectivity index (χ0n) is 20.4.